The maximum Gasteiger partial charge on any atom is 0.263 e. The molecule has 0 aliphatic carbocycles. The Morgan fingerprint density at radius 2 is 2.35 bits per heavy atom. The number of hydrogen-bond acceptors (Lipinski definition) is 5. The molecule has 1 aliphatic rings. The monoisotopic (exact) mass is 274 g/mol. The molecule has 0 aromatic carbocycles. The average Bonchev–Trinajstić information content (AvgIpc) is 2.81. The number of sulfone groups is 1. The van der Waals surface area contributed by atoms with Crippen molar-refractivity contribution in [1.29, 1.82) is 0 Å². The molecule has 1 aromatic rings. The standard InChI is InChI=1S/C10H14N2O3S2/c11-8-3-4-16-9(8)10(13)12-6-7-2-1-5-17(7,14)15/h3-4,7H,1-2,5-6,11H2,(H,12,13). The highest BCUT2D eigenvalue weighted by Crippen LogP contribution is 2.21. The lowest BCUT2D eigenvalue weighted by Crippen LogP contribution is -2.34. The highest BCUT2D eigenvalue weighted by Gasteiger charge is 2.31. The van der Waals surface area contributed by atoms with Gasteiger partial charge in [0.1, 0.15) is 4.88 Å². The summed E-state index contributed by atoms with van der Waals surface area (Å²) in [6.07, 6.45) is 1.31. The van der Waals surface area contributed by atoms with E-state index in [0.29, 0.717) is 23.4 Å². The van der Waals surface area contributed by atoms with Crippen molar-refractivity contribution in [3.8, 4) is 0 Å². The lowest BCUT2D eigenvalue weighted by atomic mass is 10.2. The molecule has 2 heterocycles. The highest BCUT2D eigenvalue weighted by molar-refractivity contribution is 7.92. The molecule has 5 nitrogen and oxygen atoms in total. The summed E-state index contributed by atoms with van der Waals surface area (Å²) >= 11 is 1.25. The maximum absolute atomic E-state index is 11.7. The van der Waals surface area contributed by atoms with Crippen LogP contribution in [0.5, 0.6) is 0 Å². The maximum atomic E-state index is 11.7. The summed E-state index contributed by atoms with van der Waals surface area (Å²) < 4.78 is 23.1. The zero-order valence-electron chi connectivity index (χ0n) is 9.18. The molecule has 1 unspecified atom stereocenters. The van der Waals surface area contributed by atoms with Crippen LogP contribution in [0.4, 0.5) is 5.69 Å². The first kappa shape index (κ1) is 12.4. The van der Waals surface area contributed by atoms with Gasteiger partial charge in [-0.05, 0) is 24.3 Å². The molecule has 0 bridgehead atoms. The first-order valence-electron chi connectivity index (χ1n) is 5.33. The van der Waals surface area contributed by atoms with E-state index in [1.54, 1.807) is 11.4 Å². The lowest BCUT2D eigenvalue weighted by molar-refractivity contribution is 0.0958. The van der Waals surface area contributed by atoms with Crippen LogP contribution in [0.25, 0.3) is 0 Å². The van der Waals surface area contributed by atoms with Gasteiger partial charge in [-0.1, -0.05) is 0 Å². The van der Waals surface area contributed by atoms with E-state index in [1.165, 1.54) is 11.3 Å². The summed E-state index contributed by atoms with van der Waals surface area (Å²) in [4.78, 5) is 12.2. The molecule has 2 rings (SSSR count). The van der Waals surface area contributed by atoms with Gasteiger partial charge in [0, 0.05) is 6.54 Å². The van der Waals surface area contributed by atoms with Gasteiger partial charge in [0.25, 0.3) is 5.91 Å². The van der Waals surface area contributed by atoms with Crippen LogP contribution in [0.3, 0.4) is 0 Å². The summed E-state index contributed by atoms with van der Waals surface area (Å²) in [7, 11) is -3.00. The number of carbonyl (C=O) groups excluding carboxylic acids is 1. The van der Waals surface area contributed by atoms with Gasteiger partial charge in [-0.25, -0.2) is 8.42 Å². The number of carbonyl (C=O) groups is 1. The van der Waals surface area contributed by atoms with Crippen molar-refractivity contribution in [2.45, 2.75) is 18.1 Å². The van der Waals surface area contributed by atoms with E-state index in [9.17, 15) is 13.2 Å². The van der Waals surface area contributed by atoms with E-state index in [2.05, 4.69) is 5.32 Å². The fraction of sp³-hybridized carbons (Fsp3) is 0.500. The molecular formula is C10H14N2O3S2. The van der Waals surface area contributed by atoms with Crippen LogP contribution < -0.4 is 11.1 Å². The normalized spacial score (nSPS) is 22.5. The molecule has 7 heteroatoms. The zero-order chi connectivity index (χ0) is 12.5. The minimum atomic E-state index is -3.00. The average molecular weight is 274 g/mol. The summed E-state index contributed by atoms with van der Waals surface area (Å²) in [5.41, 5.74) is 6.04. The molecule has 0 spiro atoms. The van der Waals surface area contributed by atoms with Gasteiger partial charge in [0.15, 0.2) is 9.84 Å². The van der Waals surface area contributed by atoms with Crippen LogP contribution in [-0.2, 0) is 9.84 Å². The molecule has 0 saturated carbocycles. The summed E-state index contributed by atoms with van der Waals surface area (Å²) in [6.45, 7) is 0.179. The fourth-order valence-corrected chi connectivity index (χ4v) is 4.38. The number of rotatable bonds is 3. The minimum Gasteiger partial charge on any atom is -0.397 e. The van der Waals surface area contributed by atoms with Crippen LogP contribution in [-0.4, -0.2) is 31.9 Å². The SMILES string of the molecule is Nc1ccsc1C(=O)NCC1CCCS1(=O)=O. The van der Waals surface area contributed by atoms with Crippen LogP contribution in [0.15, 0.2) is 11.4 Å². The number of anilines is 1. The number of nitrogens with one attached hydrogen (secondary N) is 1. The van der Waals surface area contributed by atoms with Crippen LogP contribution in [0, 0.1) is 0 Å². The number of nitrogens with two attached hydrogens (primary N) is 1. The first-order chi connectivity index (χ1) is 8.00. The topological polar surface area (TPSA) is 89.3 Å². The molecular weight excluding hydrogens is 260 g/mol. The van der Waals surface area contributed by atoms with E-state index in [-0.39, 0.29) is 18.2 Å². The Hall–Kier alpha value is -1.08. The van der Waals surface area contributed by atoms with Crippen LogP contribution in [0.2, 0.25) is 0 Å². The third-order valence-electron chi connectivity index (χ3n) is 2.86. The summed E-state index contributed by atoms with van der Waals surface area (Å²) in [5.74, 6) is -0.0612. The van der Waals surface area contributed by atoms with E-state index in [4.69, 9.17) is 5.73 Å². The minimum absolute atomic E-state index is 0.179. The van der Waals surface area contributed by atoms with Crippen LogP contribution in [0.1, 0.15) is 22.5 Å². The fourth-order valence-electron chi connectivity index (χ4n) is 1.88. The Balaban J connectivity index is 1.96. The Morgan fingerprint density at radius 1 is 1.59 bits per heavy atom. The molecule has 1 fully saturated rings. The third kappa shape index (κ3) is 2.61. The van der Waals surface area contributed by atoms with Crippen LogP contribution >= 0.6 is 11.3 Å². The van der Waals surface area contributed by atoms with Gasteiger partial charge in [0.05, 0.1) is 16.7 Å². The van der Waals surface area contributed by atoms with E-state index in [1.807, 2.05) is 0 Å². The van der Waals surface area contributed by atoms with Gasteiger partial charge in [-0.2, -0.15) is 0 Å². The van der Waals surface area contributed by atoms with E-state index < -0.39 is 15.1 Å². The van der Waals surface area contributed by atoms with Gasteiger partial charge >= 0.3 is 0 Å². The molecule has 1 saturated heterocycles. The number of amides is 1. The molecule has 1 aliphatic heterocycles. The predicted molar refractivity (Wildman–Crippen MR) is 67.9 cm³/mol. The van der Waals surface area contributed by atoms with Crippen molar-refractivity contribution in [2.75, 3.05) is 18.0 Å². The Labute approximate surface area is 104 Å². The van der Waals surface area contributed by atoms with Crippen molar-refractivity contribution >= 4 is 32.8 Å². The van der Waals surface area contributed by atoms with Crippen molar-refractivity contribution in [2.24, 2.45) is 0 Å². The molecule has 17 heavy (non-hydrogen) atoms. The molecule has 1 amide bonds. The van der Waals surface area contributed by atoms with Gasteiger partial charge in [-0.3, -0.25) is 4.79 Å². The highest BCUT2D eigenvalue weighted by atomic mass is 32.2. The zero-order valence-corrected chi connectivity index (χ0v) is 10.8. The number of nitrogen functional groups attached to an aromatic ring is 1. The second kappa shape index (κ2) is 4.66. The van der Waals surface area contributed by atoms with Crippen molar-refractivity contribution in [3.05, 3.63) is 16.3 Å². The largest absolute Gasteiger partial charge is 0.397 e. The summed E-state index contributed by atoms with van der Waals surface area (Å²) in [6, 6.07) is 1.66. The van der Waals surface area contributed by atoms with E-state index >= 15 is 0 Å². The van der Waals surface area contributed by atoms with Gasteiger partial charge < -0.3 is 11.1 Å². The Bertz CT molecular complexity index is 521. The second-order valence-electron chi connectivity index (χ2n) is 4.05. The lowest BCUT2D eigenvalue weighted by Gasteiger charge is -2.10. The first-order valence-corrected chi connectivity index (χ1v) is 7.93. The van der Waals surface area contributed by atoms with Crippen molar-refractivity contribution in [3.63, 3.8) is 0 Å². The molecule has 1 aromatic heterocycles. The van der Waals surface area contributed by atoms with Gasteiger partial charge in [-0.15, -0.1) is 11.3 Å². The smallest absolute Gasteiger partial charge is 0.263 e. The number of thiophene rings is 1. The van der Waals surface area contributed by atoms with Crippen molar-refractivity contribution < 1.29 is 13.2 Å². The molecule has 0 radical (unpaired) electrons. The predicted octanol–water partition coefficient (Wildman–Crippen LogP) is 0.637. The second-order valence-corrected chi connectivity index (χ2v) is 7.36. The Morgan fingerprint density at radius 3 is 2.88 bits per heavy atom. The Kier molecular flexibility index (Phi) is 3.39. The molecule has 94 valence electrons. The number of hydrogen-bond donors (Lipinski definition) is 2. The third-order valence-corrected chi connectivity index (χ3v) is 6.06. The molecule has 1 atom stereocenters. The van der Waals surface area contributed by atoms with Gasteiger partial charge in [0.2, 0.25) is 0 Å². The molecule has 3 N–H and O–H groups in total. The summed E-state index contributed by atoms with van der Waals surface area (Å²) in [5, 5.41) is 3.93. The van der Waals surface area contributed by atoms with E-state index in [0.717, 1.165) is 0 Å². The quantitative estimate of drug-likeness (QED) is 0.846. The van der Waals surface area contributed by atoms with Crippen molar-refractivity contribution in [1.82, 2.24) is 5.32 Å².